The molecule has 3 N–H and O–H groups in total. The number of hydrogen-bond acceptors (Lipinski definition) is 5. The van der Waals surface area contributed by atoms with Crippen LogP contribution >= 0.6 is 11.3 Å². The molecule has 0 radical (unpaired) electrons. The summed E-state index contributed by atoms with van der Waals surface area (Å²) in [7, 11) is 0. The third-order valence-corrected chi connectivity index (χ3v) is 8.06. The molecule has 0 aromatic carbocycles. The van der Waals surface area contributed by atoms with Crippen LogP contribution in [0.2, 0.25) is 0 Å². The molecule has 5 heterocycles. The maximum absolute atomic E-state index is 14.6. The van der Waals surface area contributed by atoms with Crippen molar-refractivity contribution in [2.75, 3.05) is 19.6 Å². The Kier molecular flexibility index (Phi) is 5.93. The number of thiophene rings is 1. The van der Waals surface area contributed by atoms with Crippen molar-refractivity contribution in [2.45, 2.75) is 51.9 Å². The lowest BCUT2D eigenvalue weighted by Gasteiger charge is -2.32. The predicted octanol–water partition coefficient (Wildman–Crippen LogP) is 5.96. The van der Waals surface area contributed by atoms with Crippen LogP contribution in [0.4, 0.5) is 8.78 Å². The number of nitrogens with two attached hydrogens (primary N) is 1. The number of nitrogens with zero attached hydrogens (tertiary/aromatic N) is 4. The van der Waals surface area contributed by atoms with Crippen molar-refractivity contribution in [3.05, 3.63) is 52.4 Å². The summed E-state index contributed by atoms with van der Waals surface area (Å²) in [5, 5.41) is 4.99. The fourth-order valence-corrected chi connectivity index (χ4v) is 6.72. The first-order valence-corrected chi connectivity index (χ1v) is 12.5. The van der Waals surface area contributed by atoms with Crippen molar-refractivity contribution in [1.82, 2.24) is 24.5 Å². The molecule has 4 aromatic rings. The zero-order valence-corrected chi connectivity index (χ0v) is 20.6. The van der Waals surface area contributed by atoms with Gasteiger partial charge in [-0.15, -0.1) is 11.3 Å². The predicted molar refractivity (Wildman–Crippen MR) is 134 cm³/mol. The smallest absolute Gasteiger partial charge is 0.265 e. The van der Waals surface area contributed by atoms with E-state index in [2.05, 4.69) is 46.5 Å². The molecule has 0 amide bonds. The van der Waals surface area contributed by atoms with Crippen LogP contribution in [0.5, 0.6) is 0 Å². The number of H-pyrrole nitrogens is 1. The Morgan fingerprint density at radius 2 is 2.03 bits per heavy atom. The highest BCUT2D eigenvalue weighted by atomic mass is 32.1. The van der Waals surface area contributed by atoms with Crippen molar-refractivity contribution in [2.24, 2.45) is 5.73 Å². The van der Waals surface area contributed by atoms with E-state index in [1.165, 1.54) is 17.7 Å². The van der Waals surface area contributed by atoms with E-state index in [4.69, 9.17) is 5.73 Å². The van der Waals surface area contributed by atoms with Gasteiger partial charge in [0.2, 0.25) is 0 Å². The summed E-state index contributed by atoms with van der Waals surface area (Å²) in [5.74, 6) is 0.210. The Hall–Kier alpha value is -2.78. The molecule has 1 fully saturated rings. The molecule has 0 unspecified atom stereocenters. The number of rotatable bonds is 6. The van der Waals surface area contributed by atoms with Gasteiger partial charge in [-0.1, -0.05) is 20.4 Å². The molecule has 6 nitrogen and oxygen atoms in total. The van der Waals surface area contributed by atoms with Crippen LogP contribution in [0.25, 0.3) is 27.1 Å². The number of aryl methyl sites for hydroxylation is 1. The fourth-order valence-electron chi connectivity index (χ4n) is 5.32. The molecular weight excluding hydrogens is 454 g/mol. The summed E-state index contributed by atoms with van der Waals surface area (Å²) in [6.45, 7) is 12.3. The van der Waals surface area contributed by atoms with Crippen LogP contribution in [0.1, 0.15) is 66.5 Å². The Morgan fingerprint density at radius 3 is 2.68 bits per heavy atom. The first kappa shape index (κ1) is 23.0. The molecule has 1 saturated heterocycles. The largest absolute Gasteiger partial charge is 0.401 e. The van der Waals surface area contributed by atoms with Gasteiger partial charge in [0, 0.05) is 39.8 Å². The van der Waals surface area contributed by atoms with Crippen molar-refractivity contribution in [1.29, 1.82) is 0 Å². The molecule has 5 rings (SSSR count). The quantitative estimate of drug-likeness (QED) is 0.354. The van der Waals surface area contributed by atoms with Gasteiger partial charge in [0.25, 0.3) is 6.43 Å². The molecular formula is C25H30F2N6S. The first-order valence-electron chi connectivity index (χ1n) is 11.7. The van der Waals surface area contributed by atoms with Gasteiger partial charge in [-0.2, -0.15) is 5.10 Å². The van der Waals surface area contributed by atoms with Crippen LogP contribution in [-0.2, 0) is 0 Å². The molecule has 0 bridgehead atoms. The fraction of sp³-hybridized carbons (Fsp3) is 0.440. The highest BCUT2D eigenvalue weighted by molar-refractivity contribution is 7.19. The number of alkyl halides is 2. The van der Waals surface area contributed by atoms with Gasteiger partial charge in [0.15, 0.2) is 5.65 Å². The molecule has 0 spiro atoms. The molecule has 0 saturated carbocycles. The topological polar surface area (TPSA) is 75.2 Å². The van der Waals surface area contributed by atoms with Crippen LogP contribution < -0.4 is 5.73 Å². The van der Waals surface area contributed by atoms with Gasteiger partial charge >= 0.3 is 0 Å². The summed E-state index contributed by atoms with van der Waals surface area (Å²) in [4.78, 5) is 11.7. The Labute approximate surface area is 201 Å². The van der Waals surface area contributed by atoms with E-state index >= 15 is 0 Å². The summed E-state index contributed by atoms with van der Waals surface area (Å²) in [6.07, 6.45) is 2.62. The molecule has 1 aliphatic rings. The summed E-state index contributed by atoms with van der Waals surface area (Å²) >= 11 is 1.50. The lowest BCUT2D eigenvalue weighted by atomic mass is 9.90. The Morgan fingerprint density at radius 1 is 1.29 bits per heavy atom. The normalized spacial score (nSPS) is 16.0. The molecule has 0 aliphatic carbocycles. The standard InChI is InChI=1S/C25H30F2N6S/c1-13(2)18-19-20(23(26)27)22(16-5-7-32(8-6-16)10-15(4)28)34-25(19)31-21(18)17-9-14(3)24-29-12-30-33(24)11-17/h9,11-13,16,23,31H,4-8,10,28H2,1-3H3. The average Bonchev–Trinajstić information content (AvgIpc) is 3.46. The first-order chi connectivity index (χ1) is 16.2. The van der Waals surface area contributed by atoms with E-state index in [1.807, 2.05) is 13.1 Å². The second-order valence-electron chi connectivity index (χ2n) is 9.60. The van der Waals surface area contributed by atoms with Gasteiger partial charge < -0.3 is 10.7 Å². The van der Waals surface area contributed by atoms with E-state index < -0.39 is 6.43 Å². The lowest BCUT2D eigenvalue weighted by Crippen LogP contribution is -2.35. The van der Waals surface area contributed by atoms with E-state index in [0.717, 1.165) is 63.7 Å². The number of hydrogen-bond donors (Lipinski definition) is 2. The van der Waals surface area contributed by atoms with E-state index in [-0.39, 0.29) is 17.4 Å². The van der Waals surface area contributed by atoms with Crippen LogP contribution in [0.3, 0.4) is 0 Å². The Bertz CT molecular complexity index is 1360. The molecule has 180 valence electrons. The maximum atomic E-state index is 14.6. The highest BCUT2D eigenvalue weighted by Gasteiger charge is 2.32. The molecule has 4 aromatic heterocycles. The van der Waals surface area contributed by atoms with Gasteiger partial charge in [-0.05, 0) is 61.9 Å². The third kappa shape index (κ3) is 3.90. The van der Waals surface area contributed by atoms with Gasteiger partial charge in [0.1, 0.15) is 11.2 Å². The third-order valence-electron chi connectivity index (χ3n) is 6.78. The number of aromatic amines is 1. The molecule has 9 heteroatoms. The number of nitrogens with one attached hydrogen (secondary N) is 1. The average molecular weight is 485 g/mol. The number of piperidine rings is 1. The van der Waals surface area contributed by atoms with E-state index in [9.17, 15) is 8.78 Å². The highest BCUT2D eigenvalue weighted by Crippen LogP contribution is 2.49. The summed E-state index contributed by atoms with van der Waals surface area (Å²) < 4.78 is 31.0. The number of fused-ring (bicyclic) bond motifs is 2. The van der Waals surface area contributed by atoms with Crippen molar-refractivity contribution >= 4 is 27.2 Å². The molecule has 1 aliphatic heterocycles. The monoisotopic (exact) mass is 484 g/mol. The number of pyridine rings is 1. The minimum absolute atomic E-state index is 0.0767. The minimum atomic E-state index is -2.52. The zero-order chi connectivity index (χ0) is 24.1. The van der Waals surface area contributed by atoms with Crippen LogP contribution in [-0.4, -0.2) is 44.1 Å². The zero-order valence-electron chi connectivity index (χ0n) is 19.7. The van der Waals surface area contributed by atoms with E-state index in [0.29, 0.717) is 17.6 Å². The van der Waals surface area contributed by atoms with Crippen molar-refractivity contribution in [3.63, 3.8) is 0 Å². The molecule has 0 atom stereocenters. The van der Waals surface area contributed by atoms with E-state index in [1.54, 1.807) is 4.52 Å². The SMILES string of the molecule is C=C(N)CN1CCC(c2sc3[nH]c(-c4cc(C)c5ncnn5c4)c(C(C)C)c3c2C(F)F)CC1. The van der Waals surface area contributed by atoms with Gasteiger partial charge in [0.05, 0.1) is 5.69 Å². The van der Waals surface area contributed by atoms with Crippen molar-refractivity contribution < 1.29 is 8.78 Å². The maximum Gasteiger partial charge on any atom is 0.265 e. The summed E-state index contributed by atoms with van der Waals surface area (Å²) in [6, 6.07) is 2.05. The minimum Gasteiger partial charge on any atom is -0.401 e. The number of likely N-dealkylation sites (tertiary alicyclic amines) is 1. The second-order valence-corrected chi connectivity index (χ2v) is 10.7. The Balaban J connectivity index is 1.60. The lowest BCUT2D eigenvalue weighted by molar-refractivity contribution is 0.150. The van der Waals surface area contributed by atoms with Gasteiger partial charge in [-0.25, -0.2) is 18.3 Å². The molecule has 34 heavy (non-hydrogen) atoms. The number of aromatic nitrogens is 4. The van der Waals surface area contributed by atoms with Crippen LogP contribution in [0.15, 0.2) is 30.9 Å². The summed E-state index contributed by atoms with van der Waals surface area (Å²) in [5.41, 5.74) is 11.2. The van der Waals surface area contributed by atoms with Crippen LogP contribution in [0, 0.1) is 6.92 Å². The van der Waals surface area contributed by atoms with Crippen molar-refractivity contribution in [3.8, 4) is 11.3 Å². The number of halogens is 2. The second kappa shape index (κ2) is 8.78. The van der Waals surface area contributed by atoms with Gasteiger partial charge in [-0.3, -0.25) is 4.90 Å².